The molecular formula is C23H36F3In+2. The summed E-state index contributed by atoms with van der Waals surface area (Å²) < 4.78 is 45.1. The summed E-state index contributed by atoms with van der Waals surface area (Å²) in [7, 11) is 0. The first-order valence-corrected chi connectivity index (χ1v) is 11.3. The number of hydrogen-bond donors (Lipinski definition) is 0. The van der Waals surface area contributed by atoms with E-state index in [9.17, 15) is 13.2 Å². The number of rotatable bonds is 0. The Morgan fingerprint density at radius 3 is 0.815 bits per heavy atom. The molecule has 0 fully saturated rings. The van der Waals surface area contributed by atoms with Crippen molar-refractivity contribution in [3.63, 3.8) is 0 Å². The molecule has 0 aliphatic heterocycles. The molecule has 0 aliphatic rings. The van der Waals surface area contributed by atoms with Gasteiger partial charge in [-0.2, -0.15) is 0 Å². The van der Waals surface area contributed by atoms with Crippen molar-refractivity contribution < 1.29 is 13.2 Å². The maximum absolute atomic E-state index is 14.6. The van der Waals surface area contributed by atoms with Crippen LogP contribution in [0.5, 0.6) is 0 Å². The fraction of sp³-hybridized carbons (Fsp3) is 0.739. The molecule has 0 aromatic heterocycles. The second-order valence-electron chi connectivity index (χ2n) is 11.8. The first-order chi connectivity index (χ1) is 11.5. The predicted molar refractivity (Wildman–Crippen MR) is 112 cm³/mol. The molecule has 0 radical (unpaired) electrons. The summed E-state index contributed by atoms with van der Waals surface area (Å²) in [4.78, 5) is 0. The first-order valence-electron chi connectivity index (χ1n) is 9.61. The van der Waals surface area contributed by atoms with Gasteiger partial charge in [0.15, 0.2) is 0 Å². The maximum atomic E-state index is 14.6. The van der Waals surface area contributed by atoms with Crippen LogP contribution >= 0.6 is 0 Å². The van der Waals surface area contributed by atoms with E-state index in [-0.39, 0.29) is 10.8 Å². The second kappa shape index (κ2) is 6.99. The van der Waals surface area contributed by atoms with Crippen LogP contribution in [0.1, 0.15) is 111 Å². The van der Waals surface area contributed by atoms with Crippen molar-refractivity contribution in [1.29, 1.82) is 0 Å². The van der Waals surface area contributed by atoms with Crippen molar-refractivity contribution >= 4 is 27.7 Å². The summed E-state index contributed by atoms with van der Waals surface area (Å²) in [5, 5.41) is 0. The zero-order valence-electron chi connectivity index (χ0n) is 19.2. The molecule has 0 bridgehead atoms. The Morgan fingerprint density at radius 2 is 0.667 bits per heavy atom. The van der Waals surface area contributed by atoms with Crippen LogP contribution in [0, 0.1) is 0 Å². The first kappa shape index (κ1) is 24.9. The van der Waals surface area contributed by atoms with Gasteiger partial charge in [0, 0.05) is 0 Å². The average molecular weight is 484 g/mol. The van der Waals surface area contributed by atoms with Gasteiger partial charge >= 0.3 is 180 Å². The summed E-state index contributed by atoms with van der Waals surface area (Å²) in [6.45, 7) is 23.7. The molecule has 0 spiro atoms. The standard InChI is InChI=1S/C23H36F3.In/c1-19(2,3)14-13-15(20(4,5)6)17(22(10,11)12)18(23(24,25)26)16(14)21(7,8)9;/h1-12H3;/q;+2. The summed E-state index contributed by atoms with van der Waals surface area (Å²) in [6.07, 6.45) is -4.39. The van der Waals surface area contributed by atoms with Crippen molar-refractivity contribution in [2.24, 2.45) is 0 Å². The van der Waals surface area contributed by atoms with E-state index in [0.29, 0.717) is 11.1 Å². The number of hydrogen-bond acceptors (Lipinski definition) is 0. The van der Waals surface area contributed by atoms with E-state index in [4.69, 9.17) is 0 Å². The fourth-order valence-electron chi connectivity index (χ4n) is 4.11. The fourth-order valence-corrected chi connectivity index (χ4v) is 7.41. The van der Waals surface area contributed by atoms with Gasteiger partial charge in [-0.3, -0.25) is 0 Å². The van der Waals surface area contributed by atoms with Crippen LogP contribution in [0.4, 0.5) is 13.2 Å². The Hall–Kier alpha value is -0.120. The van der Waals surface area contributed by atoms with E-state index >= 15 is 0 Å². The minimum atomic E-state index is -4.39. The van der Waals surface area contributed by atoms with Crippen molar-refractivity contribution in [2.75, 3.05) is 0 Å². The average Bonchev–Trinajstić information content (AvgIpc) is 2.29. The molecule has 1 aromatic rings. The van der Waals surface area contributed by atoms with Crippen molar-refractivity contribution in [2.45, 2.75) is 111 Å². The Kier molecular flexibility index (Phi) is 6.45. The topological polar surface area (TPSA) is 0 Å². The molecule has 0 nitrogen and oxygen atoms in total. The van der Waals surface area contributed by atoms with Crippen molar-refractivity contribution in [1.82, 2.24) is 0 Å². The summed E-state index contributed by atoms with van der Waals surface area (Å²) >= 11 is 0.804. The molecule has 0 aliphatic carbocycles. The molecule has 27 heavy (non-hydrogen) atoms. The van der Waals surface area contributed by atoms with E-state index in [1.54, 1.807) is 0 Å². The third-order valence-corrected chi connectivity index (χ3v) is 6.47. The minimum absolute atomic E-state index is 0.353. The molecular weight excluding hydrogens is 448 g/mol. The Balaban J connectivity index is 4.58. The quantitative estimate of drug-likeness (QED) is 0.385. The van der Waals surface area contributed by atoms with Crippen LogP contribution in [-0.2, 0) is 27.8 Å². The van der Waals surface area contributed by atoms with Gasteiger partial charge in [-0.15, -0.1) is 0 Å². The number of halogens is 3. The van der Waals surface area contributed by atoms with Gasteiger partial charge in [0.2, 0.25) is 0 Å². The normalized spacial score (nSPS) is 14.7. The number of alkyl halides is 3. The monoisotopic (exact) mass is 484 g/mol. The van der Waals surface area contributed by atoms with Gasteiger partial charge in [0.05, 0.1) is 0 Å². The van der Waals surface area contributed by atoms with Crippen LogP contribution < -0.4 is 3.32 Å². The van der Waals surface area contributed by atoms with Gasteiger partial charge in [0.1, 0.15) is 0 Å². The van der Waals surface area contributed by atoms with Crippen LogP contribution in [0.25, 0.3) is 0 Å². The molecule has 0 saturated carbocycles. The van der Waals surface area contributed by atoms with E-state index in [1.165, 1.54) is 0 Å². The number of benzene rings is 1. The van der Waals surface area contributed by atoms with Crippen LogP contribution in [0.2, 0.25) is 0 Å². The van der Waals surface area contributed by atoms with Gasteiger partial charge in [0.25, 0.3) is 0 Å². The Labute approximate surface area is 179 Å². The summed E-state index contributed by atoms with van der Waals surface area (Å²) in [5.41, 5.74) is 0.497. The van der Waals surface area contributed by atoms with Crippen molar-refractivity contribution in [3.8, 4) is 0 Å². The molecule has 1 rings (SSSR count). The molecule has 0 unspecified atom stereocenters. The van der Waals surface area contributed by atoms with E-state index in [2.05, 4.69) is 0 Å². The molecule has 0 atom stereocenters. The van der Waals surface area contributed by atoms with Gasteiger partial charge in [-0.05, 0) is 0 Å². The molecule has 0 heterocycles. The predicted octanol–water partition coefficient (Wildman–Crippen LogP) is 6.69. The third-order valence-electron chi connectivity index (χ3n) is 4.82. The van der Waals surface area contributed by atoms with Crippen LogP contribution in [0.3, 0.4) is 0 Å². The van der Waals surface area contributed by atoms with Crippen molar-refractivity contribution in [3.05, 3.63) is 27.8 Å². The Morgan fingerprint density at radius 1 is 0.444 bits per heavy atom. The van der Waals surface area contributed by atoms with Gasteiger partial charge in [-0.1, -0.05) is 0 Å². The molecule has 0 N–H and O–H groups in total. The molecule has 0 amide bonds. The summed E-state index contributed by atoms with van der Waals surface area (Å²) in [5.74, 6) is 0. The molecule has 1 aromatic carbocycles. The Bertz CT molecular complexity index is 660. The molecule has 0 saturated heterocycles. The third kappa shape index (κ3) is 5.08. The molecule has 150 valence electrons. The summed E-state index contributed by atoms with van der Waals surface area (Å²) in [6, 6.07) is 0. The van der Waals surface area contributed by atoms with E-state index < -0.39 is 22.6 Å². The van der Waals surface area contributed by atoms with Crippen LogP contribution in [-0.4, -0.2) is 24.4 Å². The zero-order valence-corrected chi connectivity index (χ0v) is 22.5. The SMILES string of the molecule is CC(C)(C)c1[c]([In+2])c(C(C)(C)C)c(C(C)(C)C)c(C(F)(F)F)c1C(C)(C)C. The second-order valence-corrected chi connectivity index (χ2v) is 13.4. The zero-order chi connectivity index (χ0) is 22.0. The van der Waals surface area contributed by atoms with Gasteiger partial charge < -0.3 is 0 Å². The van der Waals surface area contributed by atoms with Gasteiger partial charge in [-0.25, -0.2) is 0 Å². The van der Waals surface area contributed by atoms with Crippen LogP contribution in [0.15, 0.2) is 0 Å². The van der Waals surface area contributed by atoms with E-state index in [1.807, 2.05) is 83.1 Å². The van der Waals surface area contributed by atoms with E-state index in [0.717, 1.165) is 38.8 Å². The molecule has 4 heteroatoms.